The Hall–Kier alpha value is -3.02. The second-order valence-electron chi connectivity index (χ2n) is 7.62. The van der Waals surface area contributed by atoms with Gasteiger partial charge < -0.3 is 4.74 Å². The fraction of sp³-hybridized carbons (Fsp3) is 0.154. The number of hydrogen-bond acceptors (Lipinski definition) is 4. The molecule has 0 saturated heterocycles. The van der Waals surface area contributed by atoms with Crippen LogP contribution in [0, 0.1) is 0 Å². The molecule has 0 spiro atoms. The minimum atomic E-state index is -0.325. The summed E-state index contributed by atoms with van der Waals surface area (Å²) in [4.78, 5) is 13.9. The number of nitrogens with zero attached hydrogens (tertiary/aromatic N) is 2. The molecule has 0 N–H and O–H groups in total. The van der Waals surface area contributed by atoms with E-state index in [1.807, 2.05) is 71.7 Å². The third-order valence-electron chi connectivity index (χ3n) is 5.86. The second-order valence-corrected chi connectivity index (χ2v) is 8.91. The number of thioether (sulfide) groups is 1. The lowest BCUT2D eigenvalue weighted by Gasteiger charge is -2.24. The molecular weight excluding hydrogens is 440 g/mol. The third kappa shape index (κ3) is 3.51. The van der Waals surface area contributed by atoms with Crippen LogP contribution >= 0.6 is 23.4 Å². The van der Waals surface area contributed by atoms with Gasteiger partial charge in [0.15, 0.2) is 0 Å². The van der Waals surface area contributed by atoms with Crippen LogP contribution in [0.5, 0.6) is 0 Å². The van der Waals surface area contributed by atoms with Gasteiger partial charge in [0.1, 0.15) is 0 Å². The Labute approximate surface area is 196 Å². The van der Waals surface area contributed by atoms with Gasteiger partial charge in [0.2, 0.25) is 0 Å². The van der Waals surface area contributed by atoms with Crippen LogP contribution in [-0.2, 0) is 17.6 Å². The standard InChI is InChI=1S/C26H21ClN2O2S/c1-31-26(30)25-23(32-2)14-20(16-8-10-17(27)11-9-16)19-12-13-22-21(24(19)25)15-29(28-22)18-6-4-3-5-7-18/h3-11,14-15H,12-13H2,1-2H3. The van der Waals surface area contributed by atoms with E-state index in [2.05, 4.69) is 6.07 Å². The minimum Gasteiger partial charge on any atom is -0.465 e. The molecule has 4 nitrogen and oxygen atoms in total. The summed E-state index contributed by atoms with van der Waals surface area (Å²) in [6.45, 7) is 0. The fourth-order valence-electron chi connectivity index (χ4n) is 4.37. The molecular formula is C26H21ClN2O2S. The van der Waals surface area contributed by atoms with Crippen LogP contribution in [0.15, 0.2) is 71.8 Å². The van der Waals surface area contributed by atoms with Gasteiger partial charge in [-0.1, -0.05) is 41.9 Å². The maximum absolute atomic E-state index is 13.0. The van der Waals surface area contributed by atoms with Crippen LogP contribution in [-0.4, -0.2) is 29.1 Å². The molecule has 0 fully saturated rings. The van der Waals surface area contributed by atoms with E-state index in [-0.39, 0.29) is 5.97 Å². The van der Waals surface area contributed by atoms with Crippen molar-refractivity contribution in [3.05, 3.63) is 88.7 Å². The summed E-state index contributed by atoms with van der Waals surface area (Å²) in [5.41, 5.74) is 7.85. The Balaban J connectivity index is 1.80. The second kappa shape index (κ2) is 8.49. The number of para-hydroxylation sites is 1. The number of esters is 1. The first-order valence-corrected chi connectivity index (χ1v) is 11.9. The van der Waals surface area contributed by atoms with Crippen molar-refractivity contribution in [3.8, 4) is 27.9 Å². The van der Waals surface area contributed by atoms with E-state index >= 15 is 0 Å². The summed E-state index contributed by atoms with van der Waals surface area (Å²) in [5, 5.41) is 5.56. The molecule has 3 aromatic carbocycles. The van der Waals surface area contributed by atoms with Crippen molar-refractivity contribution in [2.45, 2.75) is 17.7 Å². The van der Waals surface area contributed by atoms with Gasteiger partial charge in [-0.15, -0.1) is 11.8 Å². The number of fused-ring (bicyclic) bond motifs is 3. The SMILES string of the molecule is COC(=O)c1c(SC)cc(-c2ccc(Cl)cc2)c2c1-c1cn(-c3ccccc3)nc1CC2. The lowest BCUT2D eigenvalue weighted by molar-refractivity contribution is 0.0597. The van der Waals surface area contributed by atoms with Gasteiger partial charge in [-0.2, -0.15) is 5.10 Å². The summed E-state index contributed by atoms with van der Waals surface area (Å²) in [5.74, 6) is -0.325. The van der Waals surface area contributed by atoms with E-state index < -0.39 is 0 Å². The van der Waals surface area contributed by atoms with Crippen molar-refractivity contribution in [1.29, 1.82) is 0 Å². The average molecular weight is 461 g/mol. The summed E-state index contributed by atoms with van der Waals surface area (Å²) < 4.78 is 7.11. The number of aromatic nitrogens is 2. The van der Waals surface area contributed by atoms with Gasteiger partial charge in [-0.05, 0) is 66.1 Å². The molecule has 4 aromatic rings. The Morgan fingerprint density at radius 1 is 1.06 bits per heavy atom. The highest BCUT2D eigenvalue weighted by Crippen LogP contribution is 2.45. The van der Waals surface area contributed by atoms with Gasteiger partial charge >= 0.3 is 5.97 Å². The van der Waals surface area contributed by atoms with E-state index in [0.29, 0.717) is 10.6 Å². The molecule has 1 aliphatic carbocycles. The summed E-state index contributed by atoms with van der Waals surface area (Å²) in [7, 11) is 1.43. The Morgan fingerprint density at radius 2 is 1.81 bits per heavy atom. The number of halogens is 1. The molecule has 32 heavy (non-hydrogen) atoms. The highest BCUT2D eigenvalue weighted by molar-refractivity contribution is 7.98. The zero-order valence-corrected chi connectivity index (χ0v) is 19.3. The number of methoxy groups -OCH3 is 1. The molecule has 0 radical (unpaired) electrons. The predicted octanol–water partition coefficient (Wildman–Crippen LogP) is 6.47. The zero-order chi connectivity index (χ0) is 22.2. The molecule has 0 unspecified atom stereocenters. The van der Waals surface area contributed by atoms with Crippen LogP contribution in [0.4, 0.5) is 0 Å². The van der Waals surface area contributed by atoms with Crippen molar-refractivity contribution in [2.75, 3.05) is 13.4 Å². The van der Waals surface area contributed by atoms with Gasteiger partial charge in [0.05, 0.1) is 24.1 Å². The van der Waals surface area contributed by atoms with E-state index in [1.165, 1.54) is 7.11 Å². The van der Waals surface area contributed by atoms with Crippen LogP contribution in [0.3, 0.4) is 0 Å². The fourth-order valence-corrected chi connectivity index (χ4v) is 5.12. The van der Waals surface area contributed by atoms with Gasteiger partial charge in [-0.3, -0.25) is 0 Å². The third-order valence-corrected chi connectivity index (χ3v) is 6.87. The summed E-state index contributed by atoms with van der Waals surface area (Å²) in [6, 6.07) is 20.0. The summed E-state index contributed by atoms with van der Waals surface area (Å²) in [6.07, 6.45) is 5.62. The molecule has 0 amide bonds. The summed E-state index contributed by atoms with van der Waals surface area (Å²) >= 11 is 7.69. The molecule has 160 valence electrons. The van der Waals surface area contributed by atoms with E-state index in [0.717, 1.165) is 56.9 Å². The number of rotatable bonds is 4. The molecule has 1 aromatic heterocycles. The molecule has 0 bridgehead atoms. The Morgan fingerprint density at radius 3 is 2.50 bits per heavy atom. The monoisotopic (exact) mass is 460 g/mol. The van der Waals surface area contributed by atoms with Crippen molar-refractivity contribution in [3.63, 3.8) is 0 Å². The van der Waals surface area contributed by atoms with Crippen LogP contribution < -0.4 is 0 Å². The largest absolute Gasteiger partial charge is 0.465 e. The number of benzene rings is 3. The number of carbonyl (C=O) groups is 1. The highest BCUT2D eigenvalue weighted by atomic mass is 35.5. The van der Waals surface area contributed by atoms with Gasteiger partial charge in [-0.25, -0.2) is 9.48 Å². The maximum Gasteiger partial charge on any atom is 0.339 e. The predicted molar refractivity (Wildman–Crippen MR) is 130 cm³/mol. The molecule has 0 saturated carbocycles. The van der Waals surface area contributed by atoms with E-state index in [4.69, 9.17) is 21.4 Å². The molecule has 5 rings (SSSR count). The van der Waals surface area contributed by atoms with E-state index in [9.17, 15) is 4.79 Å². The van der Waals surface area contributed by atoms with E-state index in [1.54, 1.807) is 11.8 Å². The number of hydrogen-bond donors (Lipinski definition) is 0. The molecule has 1 heterocycles. The first kappa shape index (κ1) is 20.9. The topological polar surface area (TPSA) is 44.1 Å². The normalized spacial score (nSPS) is 12.2. The van der Waals surface area contributed by atoms with Crippen molar-refractivity contribution < 1.29 is 9.53 Å². The van der Waals surface area contributed by atoms with Gasteiger partial charge in [0, 0.05) is 27.2 Å². The number of carbonyl (C=O) groups excluding carboxylic acids is 1. The van der Waals surface area contributed by atoms with Gasteiger partial charge in [0.25, 0.3) is 0 Å². The Kier molecular flexibility index (Phi) is 5.53. The number of aryl methyl sites for hydroxylation is 1. The first-order valence-electron chi connectivity index (χ1n) is 10.3. The quantitative estimate of drug-likeness (QED) is 0.258. The van der Waals surface area contributed by atoms with Crippen molar-refractivity contribution >= 4 is 29.3 Å². The maximum atomic E-state index is 13.0. The zero-order valence-electron chi connectivity index (χ0n) is 17.8. The smallest absolute Gasteiger partial charge is 0.339 e. The highest BCUT2D eigenvalue weighted by Gasteiger charge is 2.30. The molecule has 1 aliphatic rings. The van der Waals surface area contributed by atoms with Crippen molar-refractivity contribution in [2.24, 2.45) is 0 Å². The van der Waals surface area contributed by atoms with Crippen LogP contribution in [0.2, 0.25) is 5.02 Å². The Bertz CT molecular complexity index is 1310. The molecule has 0 atom stereocenters. The lowest BCUT2D eigenvalue weighted by Crippen LogP contribution is -2.13. The van der Waals surface area contributed by atoms with Crippen LogP contribution in [0.25, 0.3) is 27.9 Å². The van der Waals surface area contributed by atoms with Crippen molar-refractivity contribution in [1.82, 2.24) is 9.78 Å². The molecule has 6 heteroatoms. The lowest BCUT2D eigenvalue weighted by atomic mass is 9.82. The molecule has 0 aliphatic heterocycles. The van der Waals surface area contributed by atoms with Crippen LogP contribution in [0.1, 0.15) is 21.6 Å². The number of ether oxygens (including phenoxy) is 1. The minimum absolute atomic E-state index is 0.325. The first-order chi connectivity index (χ1) is 15.6. The average Bonchev–Trinajstić information content (AvgIpc) is 3.28.